The fraction of sp³-hybridized carbons (Fsp3) is 1.00. The summed E-state index contributed by atoms with van der Waals surface area (Å²) in [5.74, 6) is 6.15. The van der Waals surface area contributed by atoms with E-state index in [1.54, 1.807) is 25.7 Å². The fourth-order valence-electron chi connectivity index (χ4n) is 5.66. The fourth-order valence-corrected chi connectivity index (χ4v) is 5.66. The van der Waals surface area contributed by atoms with Crippen molar-refractivity contribution >= 4 is 0 Å². The largest absolute Gasteiger partial charge is 0.330 e. The highest BCUT2D eigenvalue weighted by Crippen LogP contribution is 2.55. The molecule has 1 nitrogen and oxygen atoms in total. The van der Waals surface area contributed by atoms with Crippen molar-refractivity contribution in [2.75, 3.05) is 6.54 Å². The second kappa shape index (κ2) is 5.53. The lowest BCUT2D eigenvalue weighted by molar-refractivity contribution is 0.0871. The van der Waals surface area contributed by atoms with E-state index in [4.69, 9.17) is 5.73 Å². The van der Waals surface area contributed by atoms with Gasteiger partial charge in [0.25, 0.3) is 0 Å². The molecule has 6 unspecified atom stereocenters. The molecule has 0 aliphatic heterocycles. The van der Waals surface area contributed by atoms with Gasteiger partial charge in [0.1, 0.15) is 0 Å². The number of rotatable bonds is 4. The van der Waals surface area contributed by atoms with Crippen LogP contribution in [-0.2, 0) is 0 Å². The van der Waals surface area contributed by atoms with E-state index < -0.39 is 0 Å². The Morgan fingerprint density at radius 3 is 2.44 bits per heavy atom. The van der Waals surface area contributed by atoms with Crippen LogP contribution in [0.4, 0.5) is 0 Å². The van der Waals surface area contributed by atoms with Crippen molar-refractivity contribution in [3.63, 3.8) is 0 Å². The predicted octanol–water partition coefficient (Wildman–Crippen LogP) is 4.21. The topological polar surface area (TPSA) is 26.0 Å². The maximum absolute atomic E-state index is 6.08. The molecule has 0 spiro atoms. The van der Waals surface area contributed by atoms with Gasteiger partial charge in [-0.05, 0) is 74.2 Å². The highest BCUT2D eigenvalue weighted by Gasteiger charge is 2.46. The molecule has 104 valence electrons. The van der Waals surface area contributed by atoms with E-state index in [2.05, 4.69) is 6.92 Å². The molecule has 3 aliphatic carbocycles. The van der Waals surface area contributed by atoms with Gasteiger partial charge in [0.15, 0.2) is 0 Å². The Hall–Kier alpha value is -0.0400. The monoisotopic (exact) mass is 249 g/mol. The van der Waals surface area contributed by atoms with E-state index in [1.165, 1.54) is 32.1 Å². The SMILES string of the molecule is CCCC1CCC(CN)C(C2CC3CCC2C3)C1. The van der Waals surface area contributed by atoms with Crippen LogP contribution in [0.1, 0.15) is 64.7 Å². The first kappa shape index (κ1) is 13.0. The number of hydrogen-bond acceptors (Lipinski definition) is 1. The molecule has 0 saturated heterocycles. The van der Waals surface area contributed by atoms with Gasteiger partial charge in [0.05, 0.1) is 0 Å². The minimum absolute atomic E-state index is 0.863. The first-order valence-electron chi connectivity index (χ1n) is 8.51. The highest BCUT2D eigenvalue weighted by atomic mass is 14.6. The second-order valence-corrected chi connectivity index (χ2v) is 7.47. The van der Waals surface area contributed by atoms with Gasteiger partial charge in [-0.1, -0.05) is 32.6 Å². The Kier molecular flexibility index (Phi) is 3.98. The van der Waals surface area contributed by atoms with Crippen molar-refractivity contribution in [1.29, 1.82) is 0 Å². The van der Waals surface area contributed by atoms with Crippen molar-refractivity contribution < 1.29 is 0 Å². The van der Waals surface area contributed by atoms with Gasteiger partial charge in [-0.15, -0.1) is 0 Å². The molecule has 2 N–H and O–H groups in total. The van der Waals surface area contributed by atoms with Crippen LogP contribution in [-0.4, -0.2) is 6.54 Å². The number of fused-ring (bicyclic) bond motifs is 2. The molecule has 2 bridgehead atoms. The average molecular weight is 249 g/mol. The van der Waals surface area contributed by atoms with Gasteiger partial charge in [-0.25, -0.2) is 0 Å². The number of nitrogens with two attached hydrogens (primary N) is 1. The average Bonchev–Trinajstić information content (AvgIpc) is 3.01. The second-order valence-electron chi connectivity index (χ2n) is 7.47. The van der Waals surface area contributed by atoms with Crippen molar-refractivity contribution in [2.24, 2.45) is 41.2 Å². The first-order valence-corrected chi connectivity index (χ1v) is 8.51. The van der Waals surface area contributed by atoms with Crippen LogP contribution in [0.2, 0.25) is 0 Å². The molecule has 3 aliphatic rings. The Morgan fingerprint density at radius 2 is 1.83 bits per heavy atom. The van der Waals surface area contributed by atoms with E-state index in [-0.39, 0.29) is 0 Å². The Balaban J connectivity index is 1.66. The van der Waals surface area contributed by atoms with Crippen LogP contribution in [0.3, 0.4) is 0 Å². The van der Waals surface area contributed by atoms with Crippen molar-refractivity contribution in [3.05, 3.63) is 0 Å². The normalized spacial score (nSPS) is 47.7. The maximum Gasteiger partial charge on any atom is -0.00461 e. The molecule has 0 aromatic heterocycles. The zero-order valence-electron chi connectivity index (χ0n) is 12.1. The summed E-state index contributed by atoms with van der Waals surface area (Å²) in [7, 11) is 0. The third-order valence-electron chi connectivity index (χ3n) is 6.50. The molecular weight excluding hydrogens is 218 g/mol. The lowest BCUT2D eigenvalue weighted by atomic mass is 9.64. The molecule has 0 amide bonds. The summed E-state index contributed by atoms with van der Waals surface area (Å²) in [6, 6.07) is 0. The highest BCUT2D eigenvalue weighted by molar-refractivity contribution is 4.96. The summed E-state index contributed by atoms with van der Waals surface area (Å²) < 4.78 is 0. The molecule has 1 heteroatoms. The van der Waals surface area contributed by atoms with Crippen LogP contribution in [0.15, 0.2) is 0 Å². The van der Waals surface area contributed by atoms with Gasteiger partial charge in [-0.2, -0.15) is 0 Å². The number of hydrogen-bond donors (Lipinski definition) is 1. The summed E-state index contributed by atoms with van der Waals surface area (Å²) in [5.41, 5.74) is 6.08. The van der Waals surface area contributed by atoms with Crippen molar-refractivity contribution in [2.45, 2.75) is 64.7 Å². The van der Waals surface area contributed by atoms with E-state index in [9.17, 15) is 0 Å². The van der Waals surface area contributed by atoms with Crippen LogP contribution >= 0.6 is 0 Å². The quantitative estimate of drug-likeness (QED) is 0.793. The van der Waals surface area contributed by atoms with Crippen LogP contribution in [0, 0.1) is 35.5 Å². The van der Waals surface area contributed by atoms with E-state index in [0.717, 1.165) is 42.1 Å². The molecule has 6 atom stereocenters. The van der Waals surface area contributed by atoms with E-state index >= 15 is 0 Å². The zero-order chi connectivity index (χ0) is 12.5. The van der Waals surface area contributed by atoms with Crippen LogP contribution in [0.25, 0.3) is 0 Å². The van der Waals surface area contributed by atoms with Gasteiger partial charge in [0.2, 0.25) is 0 Å². The minimum Gasteiger partial charge on any atom is -0.330 e. The molecule has 0 aromatic rings. The smallest absolute Gasteiger partial charge is 0.00461 e. The third kappa shape index (κ3) is 2.35. The van der Waals surface area contributed by atoms with Crippen molar-refractivity contribution in [3.8, 4) is 0 Å². The molecular formula is C17H31N. The Morgan fingerprint density at radius 1 is 0.944 bits per heavy atom. The lowest BCUT2D eigenvalue weighted by Gasteiger charge is -2.42. The first-order chi connectivity index (χ1) is 8.81. The maximum atomic E-state index is 6.08. The summed E-state index contributed by atoms with van der Waals surface area (Å²) >= 11 is 0. The molecule has 3 fully saturated rings. The minimum atomic E-state index is 0.863. The summed E-state index contributed by atoms with van der Waals surface area (Å²) in [4.78, 5) is 0. The standard InChI is InChI=1S/C17H31N/c1-2-3-12-4-7-15(11-18)17(9-12)16-10-13-5-6-14(16)8-13/h12-17H,2-11,18H2,1H3. The van der Waals surface area contributed by atoms with Gasteiger partial charge in [-0.3, -0.25) is 0 Å². The van der Waals surface area contributed by atoms with Crippen LogP contribution < -0.4 is 5.73 Å². The van der Waals surface area contributed by atoms with Gasteiger partial charge < -0.3 is 5.73 Å². The molecule has 18 heavy (non-hydrogen) atoms. The molecule has 0 aromatic carbocycles. The third-order valence-corrected chi connectivity index (χ3v) is 6.50. The van der Waals surface area contributed by atoms with Crippen molar-refractivity contribution in [1.82, 2.24) is 0 Å². The van der Waals surface area contributed by atoms with Gasteiger partial charge in [0, 0.05) is 0 Å². The van der Waals surface area contributed by atoms with Crippen LogP contribution in [0.5, 0.6) is 0 Å². The summed E-state index contributed by atoms with van der Waals surface area (Å²) in [5, 5.41) is 0. The summed E-state index contributed by atoms with van der Waals surface area (Å²) in [6.45, 7) is 3.30. The lowest BCUT2D eigenvalue weighted by Crippen LogP contribution is -2.37. The van der Waals surface area contributed by atoms with E-state index in [1.807, 2.05) is 0 Å². The Bertz CT molecular complexity index is 275. The molecule has 3 saturated carbocycles. The molecule has 3 rings (SSSR count). The zero-order valence-corrected chi connectivity index (χ0v) is 12.1. The predicted molar refractivity (Wildman–Crippen MR) is 77.2 cm³/mol. The summed E-state index contributed by atoms with van der Waals surface area (Å²) in [6.07, 6.45) is 13.5. The van der Waals surface area contributed by atoms with E-state index in [0.29, 0.717) is 0 Å². The molecule has 0 radical (unpaired) electrons. The van der Waals surface area contributed by atoms with Gasteiger partial charge >= 0.3 is 0 Å². The Labute approximate surface area is 113 Å². The molecule has 0 heterocycles.